The second kappa shape index (κ2) is 11.8. The van der Waals surface area contributed by atoms with E-state index in [0.29, 0.717) is 11.8 Å². The summed E-state index contributed by atoms with van der Waals surface area (Å²) in [5, 5.41) is 7.62. The van der Waals surface area contributed by atoms with E-state index < -0.39 is 47.5 Å². The Labute approximate surface area is 190 Å². The van der Waals surface area contributed by atoms with Crippen LogP contribution < -0.4 is 16.0 Å². The van der Waals surface area contributed by atoms with E-state index in [9.17, 15) is 28.0 Å². The Hall–Kier alpha value is -3.62. The number of amides is 3. The Balaban J connectivity index is 2.17. The van der Waals surface area contributed by atoms with Gasteiger partial charge in [-0.05, 0) is 42.7 Å². The minimum atomic E-state index is -1.18. The van der Waals surface area contributed by atoms with Crippen LogP contribution in [0.1, 0.15) is 36.7 Å². The van der Waals surface area contributed by atoms with Crippen molar-refractivity contribution in [1.29, 1.82) is 0 Å². The maximum atomic E-state index is 13.7. The number of nitrogens with one attached hydrogen (secondary N) is 3. The van der Waals surface area contributed by atoms with Crippen molar-refractivity contribution in [3.05, 3.63) is 71.3 Å². The molecule has 0 fully saturated rings. The van der Waals surface area contributed by atoms with Gasteiger partial charge in [-0.1, -0.05) is 38.1 Å². The summed E-state index contributed by atoms with van der Waals surface area (Å²) in [6, 6.07) is 8.43. The van der Waals surface area contributed by atoms with Gasteiger partial charge >= 0.3 is 0 Å². The van der Waals surface area contributed by atoms with Crippen molar-refractivity contribution in [1.82, 2.24) is 16.0 Å². The monoisotopic (exact) mass is 459 g/mol. The lowest BCUT2D eigenvalue weighted by atomic mass is 10.0. The molecule has 0 aliphatic heterocycles. The van der Waals surface area contributed by atoms with Gasteiger partial charge in [0, 0.05) is 12.0 Å². The van der Waals surface area contributed by atoms with E-state index >= 15 is 0 Å². The van der Waals surface area contributed by atoms with E-state index in [0.717, 1.165) is 12.1 Å². The molecular formula is C24H27F2N3O4. The third-order valence-electron chi connectivity index (χ3n) is 5.01. The van der Waals surface area contributed by atoms with Crippen molar-refractivity contribution >= 4 is 24.0 Å². The van der Waals surface area contributed by atoms with Gasteiger partial charge in [-0.2, -0.15) is 0 Å². The fraction of sp³-hybridized carbons (Fsp3) is 0.333. The second-order valence-corrected chi connectivity index (χ2v) is 7.99. The molecule has 2 aromatic carbocycles. The van der Waals surface area contributed by atoms with Gasteiger partial charge in [-0.25, -0.2) is 8.78 Å². The number of hydrogen-bond acceptors (Lipinski definition) is 4. The number of carbonyl (C=O) groups is 4. The minimum absolute atomic E-state index is 0.138. The third kappa shape index (κ3) is 7.48. The quantitative estimate of drug-likeness (QED) is 0.474. The van der Waals surface area contributed by atoms with Crippen molar-refractivity contribution < 1.29 is 28.0 Å². The van der Waals surface area contributed by atoms with Gasteiger partial charge in [0.25, 0.3) is 5.91 Å². The molecule has 33 heavy (non-hydrogen) atoms. The van der Waals surface area contributed by atoms with Crippen LogP contribution in [-0.2, 0) is 20.8 Å². The van der Waals surface area contributed by atoms with Gasteiger partial charge in [0.1, 0.15) is 18.4 Å². The number of carbonyl (C=O) groups excluding carboxylic acids is 4. The lowest BCUT2D eigenvalue weighted by molar-refractivity contribution is -0.130. The van der Waals surface area contributed by atoms with E-state index in [1.54, 1.807) is 44.2 Å². The molecule has 2 rings (SSSR count). The standard InChI is InChI=1S/C24H27F2N3O4/c1-14(2)21(13-30)29-22(31)15(3)27-24(33)20(12-16-9-10-18(25)19(26)11-16)28-23(32)17-7-5-4-6-8-17/h4-11,13-15,20-21H,12H2,1-3H3,(H,27,33)(H,28,32)(H,29,31). The van der Waals surface area contributed by atoms with Crippen molar-refractivity contribution in [2.24, 2.45) is 5.92 Å². The topological polar surface area (TPSA) is 104 Å². The lowest BCUT2D eigenvalue weighted by Gasteiger charge is -2.23. The molecule has 0 spiro atoms. The smallest absolute Gasteiger partial charge is 0.251 e. The highest BCUT2D eigenvalue weighted by Gasteiger charge is 2.27. The Morgan fingerprint density at radius 3 is 2.12 bits per heavy atom. The highest BCUT2D eigenvalue weighted by Crippen LogP contribution is 2.12. The summed E-state index contributed by atoms with van der Waals surface area (Å²) < 4.78 is 26.9. The zero-order chi connectivity index (χ0) is 24.5. The van der Waals surface area contributed by atoms with Gasteiger partial charge in [0.15, 0.2) is 11.6 Å². The van der Waals surface area contributed by atoms with E-state index in [1.807, 2.05) is 0 Å². The number of aldehydes is 1. The molecule has 0 aliphatic carbocycles. The van der Waals surface area contributed by atoms with Crippen LogP contribution in [0.25, 0.3) is 0 Å². The molecule has 0 saturated heterocycles. The number of halogens is 2. The van der Waals surface area contributed by atoms with Crippen LogP contribution in [0.4, 0.5) is 8.78 Å². The zero-order valence-electron chi connectivity index (χ0n) is 18.6. The molecule has 0 aliphatic rings. The molecular weight excluding hydrogens is 432 g/mol. The molecule has 2 aromatic rings. The van der Waals surface area contributed by atoms with Crippen molar-refractivity contribution in [2.75, 3.05) is 0 Å². The predicted octanol–water partition coefficient (Wildman–Crippen LogP) is 2.15. The summed E-state index contributed by atoms with van der Waals surface area (Å²) in [5.41, 5.74) is 0.581. The number of benzene rings is 2. The predicted molar refractivity (Wildman–Crippen MR) is 118 cm³/mol. The van der Waals surface area contributed by atoms with Crippen LogP contribution in [0.2, 0.25) is 0 Å². The van der Waals surface area contributed by atoms with Crippen LogP contribution in [-0.4, -0.2) is 42.1 Å². The van der Waals surface area contributed by atoms with Crippen LogP contribution in [0, 0.1) is 17.6 Å². The summed E-state index contributed by atoms with van der Waals surface area (Å²) in [7, 11) is 0. The average molecular weight is 459 g/mol. The molecule has 0 aromatic heterocycles. The molecule has 9 heteroatoms. The van der Waals surface area contributed by atoms with Crippen LogP contribution in [0.15, 0.2) is 48.5 Å². The Kier molecular flexibility index (Phi) is 9.20. The Bertz CT molecular complexity index is 998. The van der Waals surface area contributed by atoms with Crippen LogP contribution in [0.5, 0.6) is 0 Å². The fourth-order valence-electron chi connectivity index (χ4n) is 2.97. The molecule has 0 bridgehead atoms. The van der Waals surface area contributed by atoms with Crippen molar-refractivity contribution in [3.63, 3.8) is 0 Å². The summed E-state index contributed by atoms with van der Waals surface area (Å²) in [4.78, 5) is 49.1. The SMILES string of the molecule is CC(NC(=O)C(Cc1ccc(F)c(F)c1)NC(=O)c1ccccc1)C(=O)NC(C=O)C(C)C. The van der Waals surface area contributed by atoms with Gasteiger partial charge in [-0.3, -0.25) is 14.4 Å². The van der Waals surface area contributed by atoms with E-state index in [4.69, 9.17) is 0 Å². The molecule has 0 radical (unpaired) electrons. The number of hydrogen-bond donors (Lipinski definition) is 3. The van der Waals surface area contributed by atoms with Gasteiger partial charge < -0.3 is 20.7 Å². The van der Waals surface area contributed by atoms with Gasteiger partial charge in [0.2, 0.25) is 11.8 Å². The highest BCUT2D eigenvalue weighted by molar-refractivity contribution is 5.98. The fourth-order valence-corrected chi connectivity index (χ4v) is 2.97. The Morgan fingerprint density at radius 2 is 1.55 bits per heavy atom. The molecule has 3 unspecified atom stereocenters. The largest absolute Gasteiger partial charge is 0.345 e. The maximum absolute atomic E-state index is 13.7. The minimum Gasteiger partial charge on any atom is -0.345 e. The van der Waals surface area contributed by atoms with Crippen LogP contribution >= 0.6 is 0 Å². The van der Waals surface area contributed by atoms with Crippen LogP contribution in [0.3, 0.4) is 0 Å². The lowest BCUT2D eigenvalue weighted by Crippen LogP contribution is -2.55. The first-order chi connectivity index (χ1) is 15.6. The molecule has 0 saturated carbocycles. The van der Waals surface area contributed by atoms with Crippen molar-refractivity contribution in [2.45, 2.75) is 45.3 Å². The van der Waals surface area contributed by atoms with Crippen molar-refractivity contribution in [3.8, 4) is 0 Å². The molecule has 3 atom stereocenters. The molecule has 7 nitrogen and oxygen atoms in total. The highest BCUT2D eigenvalue weighted by atomic mass is 19.2. The molecule has 0 heterocycles. The second-order valence-electron chi connectivity index (χ2n) is 7.99. The summed E-state index contributed by atoms with van der Waals surface area (Å²) in [6.45, 7) is 4.96. The first kappa shape index (κ1) is 25.6. The normalized spacial score (nSPS) is 13.5. The first-order valence-corrected chi connectivity index (χ1v) is 10.5. The molecule has 176 valence electrons. The summed E-state index contributed by atoms with van der Waals surface area (Å²) in [5.74, 6) is -4.07. The van der Waals surface area contributed by atoms with E-state index in [-0.39, 0.29) is 17.9 Å². The Morgan fingerprint density at radius 1 is 0.879 bits per heavy atom. The first-order valence-electron chi connectivity index (χ1n) is 10.5. The number of rotatable bonds is 10. The van der Waals surface area contributed by atoms with Gasteiger partial charge in [0.05, 0.1) is 6.04 Å². The molecule has 3 N–H and O–H groups in total. The van der Waals surface area contributed by atoms with E-state index in [1.165, 1.54) is 13.0 Å². The average Bonchev–Trinajstić information content (AvgIpc) is 2.79. The molecule has 3 amide bonds. The van der Waals surface area contributed by atoms with Gasteiger partial charge in [-0.15, -0.1) is 0 Å². The maximum Gasteiger partial charge on any atom is 0.251 e. The third-order valence-corrected chi connectivity index (χ3v) is 5.01. The summed E-state index contributed by atoms with van der Waals surface area (Å²) in [6.07, 6.45) is 0.474. The van der Waals surface area contributed by atoms with E-state index in [2.05, 4.69) is 16.0 Å². The zero-order valence-corrected chi connectivity index (χ0v) is 18.6. The summed E-state index contributed by atoms with van der Waals surface area (Å²) >= 11 is 0.